The number of nitrogens with one attached hydrogen (secondary N) is 1. The molecule has 1 rings (SSSR count). The van der Waals surface area contributed by atoms with Gasteiger partial charge in [0.1, 0.15) is 23.6 Å². The van der Waals surface area contributed by atoms with Gasteiger partial charge in [0.05, 0.1) is 4.92 Å². The van der Waals surface area contributed by atoms with Crippen molar-refractivity contribution >= 4 is 23.3 Å². The first-order chi connectivity index (χ1) is 8.58. The first-order valence-corrected chi connectivity index (χ1v) is 6.75. The van der Waals surface area contributed by atoms with Gasteiger partial charge in [-0.3, -0.25) is 10.1 Å². The second-order valence-electron chi connectivity index (χ2n) is 3.90. The standard InChI is InChI=1S/C11H14N4O2S/c1-8(7-18-2)5-13-11-9(4-12)3-10(6-14-11)15(16)17/h3,6,8H,5,7H2,1-2H3,(H,13,14). The SMILES string of the molecule is CSCC(C)CNc1ncc([N+](=O)[O-])cc1C#N. The number of nitrogens with zero attached hydrogens (tertiary/aromatic N) is 3. The third-order valence-corrected chi connectivity index (χ3v) is 3.18. The van der Waals surface area contributed by atoms with Crippen LogP contribution in [0.5, 0.6) is 0 Å². The van der Waals surface area contributed by atoms with Gasteiger partial charge in [-0.2, -0.15) is 17.0 Å². The number of nitriles is 1. The molecule has 0 aliphatic carbocycles. The van der Waals surface area contributed by atoms with E-state index in [1.54, 1.807) is 11.8 Å². The number of rotatable bonds is 6. The van der Waals surface area contributed by atoms with E-state index in [1.807, 2.05) is 12.3 Å². The lowest BCUT2D eigenvalue weighted by atomic mass is 10.2. The van der Waals surface area contributed by atoms with Gasteiger partial charge in [0.15, 0.2) is 0 Å². The lowest BCUT2D eigenvalue weighted by molar-refractivity contribution is -0.385. The molecule has 0 spiro atoms. The maximum atomic E-state index is 10.6. The summed E-state index contributed by atoms with van der Waals surface area (Å²) < 4.78 is 0. The first-order valence-electron chi connectivity index (χ1n) is 5.35. The van der Waals surface area contributed by atoms with Crippen molar-refractivity contribution in [2.75, 3.05) is 23.9 Å². The number of thioether (sulfide) groups is 1. The van der Waals surface area contributed by atoms with Gasteiger partial charge in [-0.1, -0.05) is 6.92 Å². The minimum atomic E-state index is -0.562. The van der Waals surface area contributed by atoms with Gasteiger partial charge in [-0.15, -0.1) is 0 Å². The van der Waals surface area contributed by atoms with Gasteiger partial charge in [0, 0.05) is 12.6 Å². The van der Waals surface area contributed by atoms with Gasteiger partial charge >= 0.3 is 0 Å². The topological polar surface area (TPSA) is 91.8 Å². The predicted molar refractivity (Wildman–Crippen MR) is 71.6 cm³/mol. The Morgan fingerprint density at radius 2 is 2.44 bits per heavy atom. The third-order valence-electron chi connectivity index (χ3n) is 2.27. The second-order valence-corrected chi connectivity index (χ2v) is 4.81. The number of hydrogen-bond donors (Lipinski definition) is 1. The molecule has 18 heavy (non-hydrogen) atoms. The van der Waals surface area contributed by atoms with Crippen molar-refractivity contribution in [3.63, 3.8) is 0 Å². The number of nitro groups is 1. The van der Waals surface area contributed by atoms with E-state index < -0.39 is 4.92 Å². The summed E-state index contributed by atoms with van der Waals surface area (Å²) in [7, 11) is 0. The smallest absolute Gasteiger partial charge is 0.289 e. The number of hydrogen-bond acceptors (Lipinski definition) is 6. The highest BCUT2D eigenvalue weighted by atomic mass is 32.2. The van der Waals surface area contributed by atoms with Crippen LogP contribution in [-0.2, 0) is 0 Å². The van der Waals surface area contributed by atoms with Crippen LogP contribution in [0.25, 0.3) is 0 Å². The van der Waals surface area contributed by atoms with Gasteiger partial charge in [-0.25, -0.2) is 4.98 Å². The molecule has 1 unspecified atom stereocenters. The highest BCUT2D eigenvalue weighted by Crippen LogP contribution is 2.18. The Morgan fingerprint density at radius 3 is 3.00 bits per heavy atom. The van der Waals surface area contributed by atoms with Crippen LogP contribution in [0.2, 0.25) is 0 Å². The van der Waals surface area contributed by atoms with Crippen molar-refractivity contribution in [1.29, 1.82) is 5.26 Å². The third kappa shape index (κ3) is 3.89. The van der Waals surface area contributed by atoms with Crippen molar-refractivity contribution in [3.05, 3.63) is 27.9 Å². The monoisotopic (exact) mass is 266 g/mol. The minimum absolute atomic E-state index is 0.172. The average molecular weight is 266 g/mol. The molecule has 0 fully saturated rings. The molecule has 1 aromatic rings. The summed E-state index contributed by atoms with van der Waals surface area (Å²) >= 11 is 1.75. The average Bonchev–Trinajstić information content (AvgIpc) is 2.36. The molecule has 96 valence electrons. The first kappa shape index (κ1) is 14.3. The lowest BCUT2D eigenvalue weighted by Gasteiger charge is -2.12. The van der Waals surface area contributed by atoms with Crippen molar-refractivity contribution in [3.8, 4) is 6.07 Å². The molecule has 1 N–H and O–H groups in total. The minimum Gasteiger partial charge on any atom is -0.369 e. The zero-order valence-corrected chi connectivity index (χ0v) is 11.0. The van der Waals surface area contributed by atoms with E-state index in [9.17, 15) is 10.1 Å². The lowest BCUT2D eigenvalue weighted by Crippen LogP contribution is -2.15. The van der Waals surface area contributed by atoms with E-state index in [2.05, 4.69) is 17.2 Å². The molecule has 0 saturated heterocycles. The number of anilines is 1. The summed E-state index contributed by atoms with van der Waals surface area (Å²) in [4.78, 5) is 13.9. The van der Waals surface area contributed by atoms with Crippen molar-refractivity contribution in [2.45, 2.75) is 6.92 Å². The van der Waals surface area contributed by atoms with Crippen molar-refractivity contribution in [2.24, 2.45) is 5.92 Å². The molecule has 0 aliphatic rings. The fraction of sp³-hybridized carbons (Fsp3) is 0.455. The molecule has 0 saturated carbocycles. The Balaban J connectivity index is 2.78. The van der Waals surface area contributed by atoms with E-state index in [0.717, 1.165) is 11.9 Å². The molecule has 7 heteroatoms. The van der Waals surface area contributed by atoms with Crippen LogP contribution in [0.1, 0.15) is 12.5 Å². The molecule has 0 radical (unpaired) electrons. The molecule has 1 aromatic heterocycles. The molecule has 1 atom stereocenters. The Morgan fingerprint density at radius 1 is 1.72 bits per heavy atom. The Labute approximate surface area is 110 Å². The zero-order chi connectivity index (χ0) is 13.5. The van der Waals surface area contributed by atoms with E-state index in [0.29, 0.717) is 18.3 Å². The summed E-state index contributed by atoms with van der Waals surface area (Å²) in [5, 5.41) is 22.5. The highest BCUT2D eigenvalue weighted by molar-refractivity contribution is 7.98. The van der Waals surface area contributed by atoms with Crippen LogP contribution in [-0.4, -0.2) is 28.5 Å². The van der Waals surface area contributed by atoms with Crippen LogP contribution in [0.4, 0.5) is 11.5 Å². The van der Waals surface area contributed by atoms with Crippen molar-refractivity contribution < 1.29 is 4.92 Å². The van der Waals surface area contributed by atoms with Gasteiger partial charge in [0.2, 0.25) is 0 Å². The maximum Gasteiger partial charge on any atom is 0.289 e. The van der Waals surface area contributed by atoms with Crippen LogP contribution in [0, 0.1) is 27.4 Å². The summed E-state index contributed by atoms with van der Waals surface area (Å²) in [5.41, 5.74) is 0.0230. The van der Waals surface area contributed by atoms with E-state index in [4.69, 9.17) is 5.26 Å². The van der Waals surface area contributed by atoms with Gasteiger partial charge in [-0.05, 0) is 17.9 Å². The van der Waals surface area contributed by atoms with Crippen molar-refractivity contribution in [1.82, 2.24) is 4.98 Å². The van der Waals surface area contributed by atoms with Crippen LogP contribution in [0.3, 0.4) is 0 Å². The van der Waals surface area contributed by atoms with E-state index in [1.165, 1.54) is 6.07 Å². The fourth-order valence-electron chi connectivity index (χ4n) is 1.39. The number of aromatic nitrogens is 1. The van der Waals surface area contributed by atoms with E-state index in [-0.39, 0.29) is 11.3 Å². The molecule has 0 aliphatic heterocycles. The molecule has 0 bridgehead atoms. The molecular formula is C11H14N4O2S. The fourth-order valence-corrected chi connectivity index (χ4v) is 2.08. The normalized spacial score (nSPS) is 11.6. The number of pyridine rings is 1. The Kier molecular flexibility index (Phi) is 5.39. The predicted octanol–water partition coefficient (Wildman–Crippen LogP) is 2.27. The molecule has 6 nitrogen and oxygen atoms in total. The Hall–Kier alpha value is -1.81. The Bertz CT molecular complexity index is 473. The summed E-state index contributed by atoms with van der Waals surface area (Å²) in [6.07, 6.45) is 3.18. The zero-order valence-electron chi connectivity index (χ0n) is 10.2. The molecular weight excluding hydrogens is 252 g/mol. The largest absolute Gasteiger partial charge is 0.369 e. The van der Waals surface area contributed by atoms with Crippen LogP contribution in [0.15, 0.2) is 12.3 Å². The molecule has 0 amide bonds. The molecule has 1 heterocycles. The van der Waals surface area contributed by atoms with Gasteiger partial charge in [0.25, 0.3) is 5.69 Å². The summed E-state index contributed by atoms with van der Waals surface area (Å²) in [5.74, 6) is 1.83. The quantitative estimate of drug-likeness (QED) is 0.627. The molecule has 0 aromatic carbocycles. The van der Waals surface area contributed by atoms with Gasteiger partial charge < -0.3 is 5.32 Å². The van der Waals surface area contributed by atoms with Crippen LogP contribution >= 0.6 is 11.8 Å². The van der Waals surface area contributed by atoms with Crippen LogP contribution < -0.4 is 5.32 Å². The van der Waals surface area contributed by atoms with E-state index >= 15 is 0 Å². The second kappa shape index (κ2) is 6.81. The maximum absolute atomic E-state index is 10.6. The summed E-state index contributed by atoms with van der Waals surface area (Å²) in [6.45, 7) is 2.77. The summed E-state index contributed by atoms with van der Waals surface area (Å²) in [6, 6.07) is 3.14. The highest BCUT2D eigenvalue weighted by Gasteiger charge is 2.12.